The molecule has 0 unspecified atom stereocenters. The van der Waals surface area contributed by atoms with Gasteiger partial charge in [-0.15, -0.1) is 0 Å². The molecule has 0 saturated heterocycles. The summed E-state index contributed by atoms with van der Waals surface area (Å²) in [4.78, 5) is 13.7. The van der Waals surface area contributed by atoms with Gasteiger partial charge < -0.3 is 0 Å². The molecule has 0 spiro atoms. The molecule has 4 aromatic rings. The maximum absolute atomic E-state index is 13.7. The summed E-state index contributed by atoms with van der Waals surface area (Å²) < 4.78 is 0. The van der Waals surface area contributed by atoms with Crippen molar-refractivity contribution < 1.29 is 37.5 Å². The van der Waals surface area contributed by atoms with E-state index in [1.165, 1.54) is 32.6 Å². The molecule has 0 heterocycles. The second-order valence-electron chi connectivity index (χ2n) is 8.06. The number of rotatable bonds is 7. The van der Waals surface area contributed by atoms with Gasteiger partial charge in [0.15, 0.2) is 5.78 Å². The van der Waals surface area contributed by atoms with Crippen LogP contribution in [0.4, 0.5) is 0 Å². The van der Waals surface area contributed by atoms with E-state index in [1.54, 1.807) is 0 Å². The molecular formula is C29H28OPY+. The van der Waals surface area contributed by atoms with Gasteiger partial charge in [-0.05, 0) is 66.9 Å². The molecule has 3 heteroatoms. The zero-order valence-corrected chi connectivity index (χ0v) is 22.5. The molecule has 0 bridgehead atoms. The number of hydrogen-bond donors (Lipinski definition) is 0. The van der Waals surface area contributed by atoms with E-state index in [1.807, 2.05) is 18.2 Å². The SMILES string of the molecule is Cc1cccc(C)c1CC(=O)C[P+](c1ccccc1)(c1ccccc1)c1ccccc1.[Y]. The van der Waals surface area contributed by atoms with E-state index in [0.29, 0.717) is 18.4 Å². The number of carbonyl (C=O) groups excluding carboxylic acids is 1. The van der Waals surface area contributed by atoms with E-state index < -0.39 is 7.26 Å². The smallest absolute Gasteiger partial charge is 0.175 e. The summed E-state index contributed by atoms with van der Waals surface area (Å²) in [6.07, 6.45) is 1.01. The summed E-state index contributed by atoms with van der Waals surface area (Å²) in [7, 11) is -2.13. The Morgan fingerprint density at radius 1 is 0.594 bits per heavy atom. The number of aryl methyl sites for hydroxylation is 2. The molecule has 0 aliphatic heterocycles. The van der Waals surface area contributed by atoms with E-state index in [2.05, 4.69) is 105 Å². The molecular weight excluding hydrogens is 484 g/mol. The predicted octanol–water partition coefficient (Wildman–Crippen LogP) is 5.41. The molecule has 157 valence electrons. The molecule has 0 aliphatic rings. The summed E-state index contributed by atoms with van der Waals surface area (Å²) >= 11 is 0. The van der Waals surface area contributed by atoms with Crippen molar-refractivity contribution in [3.05, 3.63) is 126 Å². The maximum atomic E-state index is 13.7. The van der Waals surface area contributed by atoms with Crippen LogP contribution in [0.25, 0.3) is 0 Å². The van der Waals surface area contributed by atoms with Crippen LogP contribution in [-0.2, 0) is 43.9 Å². The molecule has 0 amide bonds. The van der Waals surface area contributed by atoms with Gasteiger partial charge in [-0.25, -0.2) is 0 Å². The topological polar surface area (TPSA) is 17.1 Å². The Morgan fingerprint density at radius 3 is 1.34 bits per heavy atom. The van der Waals surface area contributed by atoms with E-state index in [4.69, 9.17) is 0 Å². The minimum absolute atomic E-state index is 0. The summed E-state index contributed by atoms with van der Waals surface area (Å²) in [5, 5.41) is 3.76. The van der Waals surface area contributed by atoms with Gasteiger partial charge in [0.1, 0.15) is 29.3 Å². The van der Waals surface area contributed by atoms with Crippen molar-refractivity contribution in [1.29, 1.82) is 0 Å². The normalized spacial score (nSPS) is 10.9. The third-order valence-corrected chi connectivity index (χ3v) is 10.4. The van der Waals surface area contributed by atoms with E-state index in [9.17, 15) is 4.79 Å². The molecule has 4 aromatic carbocycles. The zero-order chi connectivity index (χ0) is 21.7. The minimum Gasteiger partial charge on any atom is -0.295 e. The van der Waals surface area contributed by atoms with Gasteiger partial charge in [-0.2, -0.15) is 0 Å². The van der Waals surface area contributed by atoms with Gasteiger partial charge in [0, 0.05) is 39.1 Å². The van der Waals surface area contributed by atoms with Crippen molar-refractivity contribution >= 4 is 29.0 Å². The number of benzene rings is 4. The first-order valence-electron chi connectivity index (χ1n) is 10.7. The van der Waals surface area contributed by atoms with Crippen LogP contribution >= 0.6 is 7.26 Å². The molecule has 0 atom stereocenters. The molecule has 0 aliphatic carbocycles. The van der Waals surface area contributed by atoms with Crippen LogP contribution in [0.2, 0.25) is 0 Å². The van der Waals surface area contributed by atoms with Gasteiger partial charge >= 0.3 is 0 Å². The molecule has 32 heavy (non-hydrogen) atoms. The molecule has 0 saturated carbocycles. The largest absolute Gasteiger partial charge is 0.295 e. The third kappa shape index (κ3) is 5.18. The molecule has 0 fully saturated rings. The van der Waals surface area contributed by atoms with Crippen molar-refractivity contribution in [3.8, 4) is 0 Å². The first kappa shape index (κ1) is 24.7. The molecule has 1 radical (unpaired) electrons. The summed E-state index contributed by atoms with van der Waals surface area (Å²) in [6, 6.07) is 38.1. The van der Waals surface area contributed by atoms with Gasteiger partial charge in [0.25, 0.3) is 0 Å². The Balaban J connectivity index is 0.00000289. The standard InChI is InChI=1S/C29H28OP.Y/c1-23-13-12-14-24(2)29(23)21-25(30)22-31(26-15-6-3-7-16-26,27-17-8-4-9-18-27)28-19-10-5-11-20-28;/h3-20H,21-22H2,1-2H3;/q+1;. The second-order valence-corrected chi connectivity index (χ2v) is 11.5. The predicted molar refractivity (Wildman–Crippen MR) is 135 cm³/mol. The van der Waals surface area contributed by atoms with Crippen LogP contribution < -0.4 is 15.9 Å². The Kier molecular flexibility index (Phi) is 8.72. The number of hydrogen-bond acceptors (Lipinski definition) is 1. The van der Waals surface area contributed by atoms with Crippen LogP contribution in [0.1, 0.15) is 16.7 Å². The van der Waals surface area contributed by atoms with Crippen molar-refractivity contribution in [3.63, 3.8) is 0 Å². The number of ketones is 1. The van der Waals surface area contributed by atoms with Crippen LogP contribution in [0, 0.1) is 13.8 Å². The quantitative estimate of drug-likeness (QED) is 0.303. The zero-order valence-electron chi connectivity index (χ0n) is 18.7. The first-order chi connectivity index (χ1) is 15.1. The van der Waals surface area contributed by atoms with Crippen molar-refractivity contribution in [2.24, 2.45) is 0 Å². The van der Waals surface area contributed by atoms with Crippen molar-refractivity contribution in [1.82, 2.24) is 0 Å². The van der Waals surface area contributed by atoms with Crippen molar-refractivity contribution in [2.45, 2.75) is 20.3 Å². The van der Waals surface area contributed by atoms with E-state index >= 15 is 0 Å². The van der Waals surface area contributed by atoms with Gasteiger partial charge in [-0.3, -0.25) is 4.79 Å². The Hall–Kier alpha value is -1.92. The number of Topliss-reactive ketones (excluding diaryl/α,β-unsaturated/α-hetero) is 1. The monoisotopic (exact) mass is 512 g/mol. The van der Waals surface area contributed by atoms with Gasteiger partial charge in [0.2, 0.25) is 0 Å². The fraction of sp³-hybridized carbons (Fsp3) is 0.138. The summed E-state index contributed by atoms with van der Waals surface area (Å²) in [5.41, 5.74) is 3.55. The van der Waals surface area contributed by atoms with E-state index in [0.717, 1.165) is 0 Å². The fourth-order valence-electron chi connectivity index (χ4n) is 4.41. The van der Waals surface area contributed by atoms with Crippen LogP contribution in [0.3, 0.4) is 0 Å². The first-order valence-corrected chi connectivity index (χ1v) is 12.7. The summed E-state index contributed by atoms with van der Waals surface area (Å²) in [5.74, 6) is 0.294. The van der Waals surface area contributed by atoms with Gasteiger partial charge in [-0.1, -0.05) is 72.8 Å². The Morgan fingerprint density at radius 2 is 0.969 bits per heavy atom. The molecule has 0 N–H and O–H groups in total. The summed E-state index contributed by atoms with van der Waals surface area (Å²) in [6.45, 7) is 4.20. The van der Waals surface area contributed by atoms with E-state index in [-0.39, 0.29) is 32.7 Å². The third-order valence-electron chi connectivity index (χ3n) is 6.02. The van der Waals surface area contributed by atoms with Gasteiger partial charge in [0.05, 0.1) is 0 Å². The molecule has 4 rings (SSSR count). The number of carbonyl (C=O) groups is 1. The molecule has 1 nitrogen and oxygen atoms in total. The van der Waals surface area contributed by atoms with Crippen LogP contribution in [0.5, 0.6) is 0 Å². The molecule has 0 aromatic heterocycles. The minimum atomic E-state index is -2.13. The Labute approximate surface area is 217 Å². The van der Waals surface area contributed by atoms with Crippen LogP contribution in [-0.4, -0.2) is 11.9 Å². The van der Waals surface area contributed by atoms with Crippen LogP contribution in [0.15, 0.2) is 109 Å². The average molecular weight is 512 g/mol. The maximum Gasteiger partial charge on any atom is 0.175 e. The van der Waals surface area contributed by atoms with Crippen molar-refractivity contribution in [2.75, 3.05) is 6.16 Å². The average Bonchev–Trinajstić information content (AvgIpc) is 2.82. The Bertz CT molecular complexity index is 1040. The second kappa shape index (κ2) is 11.3. The fourth-order valence-corrected chi connectivity index (χ4v) is 8.54.